The van der Waals surface area contributed by atoms with Gasteiger partial charge in [-0.15, -0.1) is 0 Å². The number of ether oxygens (including phenoxy) is 3. The predicted molar refractivity (Wildman–Crippen MR) is 105 cm³/mol. The van der Waals surface area contributed by atoms with Crippen molar-refractivity contribution in [1.29, 1.82) is 0 Å². The van der Waals surface area contributed by atoms with E-state index in [4.69, 9.17) is 14.2 Å². The van der Waals surface area contributed by atoms with E-state index in [0.717, 1.165) is 25.7 Å². The largest absolute Gasteiger partial charge is 0.382 e. The molecule has 0 spiro atoms. The fourth-order valence-electron chi connectivity index (χ4n) is 2.95. The maximum atomic E-state index is 5.82. The minimum Gasteiger partial charge on any atom is -0.382 e. The van der Waals surface area contributed by atoms with Gasteiger partial charge >= 0.3 is 0 Å². The Hall–Kier alpha value is 0.491. The molecular weight excluding hydrogens is 326 g/mol. The molecule has 0 amide bonds. The molecule has 0 N–H and O–H groups in total. The SMILES string of the molecule is COC(C[SiH2]CCOCCCN([Si](C)(C)C)[Si](C)(C)C)OC. The number of rotatable bonds is 13. The summed E-state index contributed by atoms with van der Waals surface area (Å²) in [5, 5.41) is 0. The first-order valence-electron chi connectivity index (χ1n) is 8.54. The average Bonchev–Trinajstić information content (AvgIpc) is 2.38. The van der Waals surface area contributed by atoms with Gasteiger partial charge in [-0.05, 0) is 25.1 Å². The van der Waals surface area contributed by atoms with Crippen LogP contribution < -0.4 is 0 Å². The van der Waals surface area contributed by atoms with E-state index in [1.165, 1.54) is 12.6 Å². The minimum absolute atomic E-state index is 0.00582. The zero-order valence-corrected chi connectivity index (χ0v) is 19.6. The van der Waals surface area contributed by atoms with Crippen molar-refractivity contribution >= 4 is 26.0 Å². The fraction of sp³-hybridized carbons (Fsp3) is 1.00. The summed E-state index contributed by atoms with van der Waals surface area (Å²) in [5.74, 6) is 0. The Bertz CT molecular complexity index is 262. The fourth-order valence-corrected chi connectivity index (χ4v) is 14.2. The molecule has 0 bridgehead atoms. The van der Waals surface area contributed by atoms with E-state index in [9.17, 15) is 0 Å². The van der Waals surface area contributed by atoms with Crippen LogP contribution in [-0.2, 0) is 14.2 Å². The van der Waals surface area contributed by atoms with Gasteiger partial charge in [0.05, 0.1) is 0 Å². The van der Waals surface area contributed by atoms with Crippen LogP contribution in [0.2, 0.25) is 51.4 Å². The molecule has 4 nitrogen and oxygen atoms in total. The third-order valence-corrected chi connectivity index (χ3v) is 13.2. The maximum absolute atomic E-state index is 5.82. The monoisotopic (exact) mass is 365 g/mol. The number of methoxy groups -OCH3 is 2. The third-order valence-electron chi connectivity index (χ3n) is 3.79. The van der Waals surface area contributed by atoms with Crippen molar-refractivity contribution in [3.8, 4) is 0 Å². The Balaban J connectivity index is 3.75. The molecule has 0 fully saturated rings. The van der Waals surface area contributed by atoms with Crippen LogP contribution >= 0.6 is 0 Å². The van der Waals surface area contributed by atoms with E-state index < -0.39 is 16.5 Å². The molecule has 0 heterocycles. The van der Waals surface area contributed by atoms with Gasteiger partial charge in [0, 0.05) is 37.0 Å². The first kappa shape index (κ1) is 22.5. The normalized spacial score (nSPS) is 13.9. The first-order valence-corrected chi connectivity index (χ1v) is 17.4. The summed E-state index contributed by atoms with van der Waals surface area (Å²) < 4.78 is 19.1. The summed E-state index contributed by atoms with van der Waals surface area (Å²) in [6.45, 7) is 17.8. The van der Waals surface area contributed by atoms with Crippen LogP contribution in [0.15, 0.2) is 0 Å². The summed E-state index contributed by atoms with van der Waals surface area (Å²) in [7, 11) is 0.884. The van der Waals surface area contributed by atoms with Gasteiger partial charge < -0.3 is 18.4 Å². The van der Waals surface area contributed by atoms with Crippen molar-refractivity contribution in [3.63, 3.8) is 0 Å². The summed E-state index contributed by atoms with van der Waals surface area (Å²) in [4.78, 5) is 0. The van der Waals surface area contributed by atoms with E-state index >= 15 is 0 Å². The lowest BCUT2D eigenvalue weighted by atomic mass is 10.5. The summed E-state index contributed by atoms with van der Waals surface area (Å²) >= 11 is 0. The van der Waals surface area contributed by atoms with Gasteiger partial charge in [-0.1, -0.05) is 39.3 Å². The van der Waals surface area contributed by atoms with Crippen molar-refractivity contribution in [1.82, 2.24) is 4.23 Å². The van der Waals surface area contributed by atoms with Crippen LogP contribution in [0.4, 0.5) is 0 Å². The summed E-state index contributed by atoms with van der Waals surface area (Å²) in [6, 6.07) is 2.30. The molecule has 0 atom stereocenters. The molecule has 0 aromatic carbocycles. The van der Waals surface area contributed by atoms with Gasteiger partial charge in [-0.2, -0.15) is 0 Å². The van der Waals surface area contributed by atoms with Crippen molar-refractivity contribution in [2.45, 2.75) is 64.1 Å². The standard InChI is InChI=1S/C15H39NO3Si3/c1-17-15(18-2)14-20-13-12-19-11-9-10-16(21(3,4)5)22(6,7)8/h15H,9-14,20H2,1-8H3. The Kier molecular flexibility index (Phi) is 11.4. The lowest BCUT2D eigenvalue weighted by Crippen LogP contribution is -2.59. The highest BCUT2D eigenvalue weighted by Crippen LogP contribution is 2.19. The van der Waals surface area contributed by atoms with Crippen molar-refractivity contribution < 1.29 is 14.2 Å². The third kappa shape index (κ3) is 10.3. The van der Waals surface area contributed by atoms with Crippen molar-refractivity contribution in [3.05, 3.63) is 0 Å². The molecule has 0 saturated heterocycles. The Morgan fingerprint density at radius 1 is 0.909 bits per heavy atom. The van der Waals surface area contributed by atoms with Crippen LogP contribution in [0.3, 0.4) is 0 Å². The molecule has 0 radical (unpaired) electrons. The molecule has 0 aromatic rings. The van der Waals surface area contributed by atoms with Gasteiger partial charge in [0.15, 0.2) is 6.29 Å². The summed E-state index contributed by atoms with van der Waals surface area (Å²) in [5.41, 5.74) is 0. The molecule has 0 saturated carbocycles. The van der Waals surface area contributed by atoms with E-state index in [1.54, 1.807) is 14.2 Å². The quantitative estimate of drug-likeness (QED) is 0.285. The molecule has 0 unspecified atom stereocenters. The molecule has 134 valence electrons. The van der Waals surface area contributed by atoms with Crippen molar-refractivity contribution in [2.24, 2.45) is 0 Å². The molecular formula is C15H39NO3Si3. The van der Waals surface area contributed by atoms with E-state index in [1.807, 2.05) is 0 Å². The Morgan fingerprint density at radius 3 is 1.91 bits per heavy atom. The second kappa shape index (κ2) is 11.1. The van der Waals surface area contributed by atoms with Gasteiger partial charge in [0.2, 0.25) is 0 Å². The lowest BCUT2D eigenvalue weighted by molar-refractivity contribution is -0.0876. The second-order valence-electron chi connectivity index (χ2n) is 7.86. The van der Waals surface area contributed by atoms with Crippen molar-refractivity contribution in [2.75, 3.05) is 34.0 Å². The van der Waals surface area contributed by atoms with Crippen LogP contribution in [0.5, 0.6) is 0 Å². The molecule has 7 heteroatoms. The highest BCUT2D eigenvalue weighted by molar-refractivity contribution is 6.89. The van der Waals surface area contributed by atoms with Crippen LogP contribution in [0.25, 0.3) is 0 Å². The van der Waals surface area contributed by atoms with Gasteiger partial charge in [0.25, 0.3) is 0 Å². The van der Waals surface area contributed by atoms with E-state index in [0.29, 0.717) is 0 Å². The van der Waals surface area contributed by atoms with Gasteiger partial charge in [0.1, 0.15) is 16.5 Å². The van der Waals surface area contributed by atoms with Gasteiger partial charge in [-0.25, -0.2) is 0 Å². The molecule has 0 aromatic heterocycles. The highest BCUT2D eigenvalue weighted by Gasteiger charge is 2.33. The van der Waals surface area contributed by atoms with Crippen LogP contribution in [0, 0.1) is 0 Å². The number of nitrogens with zero attached hydrogens (tertiary/aromatic N) is 1. The first-order chi connectivity index (χ1) is 10.1. The van der Waals surface area contributed by atoms with E-state index in [-0.39, 0.29) is 15.8 Å². The zero-order valence-electron chi connectivity index (χ0n) is 16.2. The Morgan fingerprint density at radius 2 is 1.45 bits per heavy atom. The predicted octanol–water partition coefficient (Wildman–Crippen LogP) is 2.99. The average molecular weight is 366 g/mol. The smallest absolute Gasteiger partial charge is 0.153 e. The number of hydrogen-bond acceptors (Lipinski definition) is 4. The zero-order chi connectivity index (χ0) is 17.2. The van der Waals surface area contributed by atoms with E-state index in [2.05, 4.69) is 43.5 Å². The second-order valence-corrected chi connectivity index (χ2v) is 20.1. The van der Waals surface area contributed by atoms with Crippen LogP contribution in [-0.4, -0.2) is 70.5 Å². The molecule has 0 aliphatic rings. The van der Waals surface area contributed by atoms with Crippen LogP contribution in [0.1, 0.15) is 6.42 Å². The number of hydrogen-bond donors (Lipinski definition) is 0. The molecule has 0 aliphatic carbocycles. The summed E-state index contributed by atoms with van der Waals surface area (Å²) in [6.07, 6.45) is 1.16. The highest BCUT2D eigenvalue weighted by atomic mass is 28.4. The minimum atomic E-state index is -1.21. The topological polar surface area (TPSA) is 30.9 Å². The van der Waals surface area contributed by atoms with Gasteiger partial charge in [-0.3, -0.25) is 0 Å². The maximum Gasteiger partial charge on any atom is 0.153 e. The Labute approximate surface area is 142 Å². The molecule has 0 rings (SSSR count). The lowest BCUT2D eigenvalue weighted by Gasteiger charge is -2.43. The molecule has 0 aliphatic heterocycles. The molecule has 22 heavy (non-hydrogen) atoms.